The lowest BCUT2D eigenvalue weighted by atomic mass is 9.99. The molecule has 116 valence electrons. The van der Waals surface area contributed by atoms with Crippen molar-refractivity contribution in [1.82, 2.24) is 0 Å². The summed E-state index contributed by atoms with van der Waals surface area (Å²) in [6.07, 6.45) is 0. The molecule has 23 heavy (non-hydrogen) atoms. The molecule has 0 fully saturated rings. The molecule has 1 nitrogen and oxygen atoms in total. The maximum atomic E-state index is 6.61. The largest absolute Gasteiger partial charge is 0.323 e. The van der Waals surface area contributed by atoms with Crippen molar-refractivity contribution in [1.29, 1.82) is 0 Å². The van der Waals surface area contributed by atoms with Crippen LogP contribution in [0.4, 0.5) is 0 Å². The minimum atomic E-state index is -0.0210. The van der Waals surface area contributed by atoms with Crippen LogP contribution >= 0.6 is 11.8 Å². The predicted molar refractivity (Wildman–Crippen MR) is 100 cm³/mol. The van der Waals surface area contributed by atoms with Crippen LogP contribution in [0.15, 0.2) is 91.0 Å². The summed E-state index contributed by atoms with van der Waals surface area (Å²) < 4.78 is 0. The summed E-state index contributed by atoms with van der Waals surface area (Å²) in [6, 6.07) is 31.5. The molecule has 0 aromatic heterocycles. The number of benzene rings is 3. The Morgan fingerprint density at radius 1 is 0.652 bits per heavy atom. The maximum Gasteiger partial charge on any atom is 0.0493 e. The molecule has 0 amide bonds. The van der Waals surface area contributed by atoms with Crippen molar-refractivity contribution < 1.29 is 0 Å². The van der Waals surface area contributed by atoms with Gasteiger partial charge < -0.3 is 5.73 Å². The van der Waals surface area contributed by atoms with E-state index >= 15 is 0 Å². The van der Waals surface area contributed by atoms with Crippen LogP contribution in [0, 0.1) is 0 Å². The van der Waals surface area contributed by atoms with E-state index in [1.54, 1.807) is 0 Å². The van der Waals surface area contributed by atoms with Crippen LogP contribution < -0.4 is 5.73 Å². The van der Waals surface area contributed by atoms with Gasteiger partial charge in [0.05, 0.1) is 0 Å². The SMILES string of the molecule is N[C@@H](c1ccccc1)[C@H](SCc1ccccc1)c1ccccc1. The molecule has 0 aliphatic rings. The molecule has 0 saturated heterocycles. The summed E-state index contributed by atoms with van der Waals surface area (Å²) in [5.74, 6) is 0.959. The van der Waals surface area contributed by atoms with Crippen LogP contribution in [0.25, 0.3) is 0 Å². The minimum Gasteiger partial charge on any atom is -0.323 e. The van der Waals surface area contributed by atoms with Gasteiger partial charge in [0.2, 0.25) is 0 Å². The van der Waals surface area contributed by atoms with E-state index in [0.29, 0.717) is 0 Å². The summed E-state index contributed by atoms with van der Waals surface area (Å²) in [4.78, 5) is 0. The van der Waals surface area contributed by atoms with Gasteiger partial charge in [-0.25, -0.2) is 0 Å². The van der Waals surface area contributed by atoms with E-state index in [9.17, 15) is 0 Å². The lowest BCUT2D eigenvalue weighted by Crippen LogP contribution is -2.18. The first-order chi connectivity index (χ1) is 11.3. The van der Waals surface area contributed by atoms with E-state index in [2.05, 4.69) is 84.9 Å². The summed E-state index contributed by atoms with van der Waals surface area (Å²) in [6.45, 7) is 0. The molecule has 0 saturated carbocycles. The second-order valence-corrected chi connectivity index (χ2v) is 6.69. The molecule has 0 bridgehead atoms. The van der Waals surface area contributed by atoms with Gasteiger partial charge in [-0.2, -0.15) is 0 Å². The van der Waals surface area contributed by atoms with Crippen LogP contribution in [-0.2, 0) is 5.75 Å². The van der Waals surface area contributed by atoms with Crippen LogP contribution in [0.2, 0.25) is 0 Å². The van der Waals surface area contributed by atoms with Gasteiger partial charge in [-0.1, -0.05) is 91.0 Å². The average molecular weight is 319 g/mol. The lowest BCUT2D eigenvalue weighted by Gasteiger charge is -2.24. The third kappa shape index (κ3) is 4.25. The third-order valence-corrected chi connectivity index (χ3v) is 5.34. The second-order valence-electron chi connectivity index (χ2n) is 5.56. The molecule has 0 heterocycles. The van der Waals surface area contributed by atoms with Crippen LogP contribution in [-0.4, -0.2) is 0 Å². The predicted octanol–water partition coefficient (Wildman–Crippen LogP) is 5.36. The van der Waals surface area contributed by atoms with E-state index in [1.165, 1.54) is 16.7 Å². The fraction of sp³-hybridized carbons (Fsp3) is 0.143. The standard InChI is InChI=1S/C21H21NS/c22-20(18-12-6-2-7-13-18)21(19-14-8-3-9-15-19)23-16-17-10-4-1-5-11-17/h1-15,20-21H,16,22H2/t20-,21+/m0/s1. The molecule has 0 radical (unpaired) electrons. The van der Waals surface area contributed by atoms with Crippen LogP contribution in [0.3, 0.4) is 0 Å². The van der Waals surface area contributed by atoms with Crippen molar-refractivity contribution in [2.45, 2.75) is 17.0 Å². The second kappa shape index (κ2) is 8.00. The van der Waals surface area contributed by atoms with E-state index in [4.69, 9.17) is 5.73 Å². The van der Waals surface area contributed by atoms with Gasteiger partial charge in [0.15, 0.2) is 0 Å². The normalized spacial score (nSPS) is 13.4. The molecule has 2 N–H and O–H groups in total. The summed E-state index contributed by atoms with van der Waals surface area (Å²) >= 11 is 1.91. The number of hydrogen-bond acceptors (Lipinski definition) is 2. The Balaban J connectivity index is 1.82. The van der Waals surface area contributed by atoms with Gasteiger partial charge >= 0.3 is 0 Å². The first kappa shape index (κ1) is 15.9. The molecule has 0 aliphatic carbocycles. The lowest BCUT2D eigenvalue weighted by molar-refractivity contribution is 0.705. The molecule has 0 spiro atoms. The highest BCUT2D eigenvalue weighted by Gasteiger charge is 2.21. The van der Waals surface area contributed by atoms with E-state index in [-0.39, 0.29) is 11.3 Å². The van der Waals surface area contributed by atoms with Crippen LogP contribution in [0.5, 0.6) is 0 Å². The van der Waals surface area contributed by atoms with Crippen molar-refractivity contribution in [2.75, 3.05) is 0 Å². The number of hydrogen-bond donors (Lipinski definition) is 1. The summed E-state index contributed by atoms with van der Waals surface area (Å²) in [7, 11) is 0. The zero-order valence-corrected chi connectivity index (χ0v) is 13.8. The highest BCUT2D eigenvalue weighted by molar-refractivity contribution is 7.98. The fourth-order valence-electron chi connectivity index (χ4n) is 2.66. The van der Waals surface area contributed by atoms with Crippen molar-refractivity contribution in [3.8, 4) is 0 Å². The van der Waals surface area contributed by atoms with Crippen molar-refractivity contribution in [2.24, 2.45) is 5.73 Å². The monoisotopic (exact) mass is 319 g/mol. The van der Waals surface area contributed by atoms with E-state index < -0.39 is 0 Å². The topological polar surface area (TPSA) is 26.0 Å². The first-order valence-corrected chi connectivity index (χ1v) is 8.90. The van der Waals surface area contributed by atoms with Crippen molar-refractivity contribution in [3.05, 3.63) is 108 Å². The Morgan fingerprint density at radius 2 is 1.13 bits per heavy atom. The first-order valence-electron chi connectivity index (χ1n) is 7.85. The van der Waals surface area contributed by atoms with Gasteiger partial charge in [-0.3, -0.25) is 0 Å². The number of thioether (sulfide) groups is 1. The molecule has 2 heteroatoms. The molecule has 3 aromatic carbocycles. The fourth-order valence-corrected chi connectivity index (χ4v) is 3.94. The van der Waals surface area contributed by atoms with Crippen molar-refractivity contribution in [3.63, 3.8) is 0 Å². The molecule has 0 aliphatic heterocycles. The Bertz CT molecular complexity index is 698. The Kier molecular flexibility index (Phi) is 5.51. The minimum absolute atomic E-state index is 0.0210. The number of nitrogens with two attached hydrogens (primary N) is 1. The molecule has 2 atom stereocenters. The van der Waals surface area contributed by atoms with E-state index in [0.717, 1.165) is 5.75 Å². The van der Waals surface area contributed by atoms with Gasteiger partial charge in [0.25, 0.3) is 0 Å². The maximum absolute atomic E-state index is 6.61. The van der Waals surface area contributed by atoms with Gasteiger partial charge in [-0.15, -0.1) is 11.8 Å². The highest BCUT2D eigenvalue weighted by Crippen LogP contribution is 2.40. The zero-order valence-electron chi connectivity index (χ0n) is 13.0. The van der Waals surface area contributed by atoms with Gasteiger partial charge in [0.1, 0.15) is 0 Å². The Labute approximate surface area is 142 Å². The average Bonchev–Trinajstić information content (AvgIpc) is 2.64. The molecule has 3 aromatic rings. The summed E-state index contributed by atoms with van der Waals surface area (Å²) in [5, 5.41) is 0.235. The number of rotatable bonds is 6. The molecular weight excluding hydrogens is 298 g/mol. The van der Waals surface area contributed by atoms with Crippen molar-refractivity contribution >= 4 is 11.8 Å². The smallest absolute Gasteiger partial charge is 0.0493 e. The molecular formula is C21H21NS. The molecule has 3 rings (SSSR count). The Hall–Kier alpha value is -2.03. The summed E-state index contributed by atoms with van der Waals surface area (Å²) in [5.41, 5.74) is 10.4. The van der Waals surface area contributed by atoms with Crippen LogP contribution in [0.1, 0.15) is 28.0 Å². The van der Waals surface area contributed by atoms with Gasteiger partial charge in [0, 0.05) is 17.0 Å². The molecule has 0 unspecified atom stereocenters. The van der Waals surface area contributed by atoms with E-state index in [1.807, 2.05) is 17.8 Å². The van der Waals surface area contributed by atoms with Gasteiger partial charge in [-0.05, 0) is 16.7 Å². The third-order valence-electron chi connectivity index (χ3n) is 3.91. The highest BCUT2D eigenvalue weighted by atomic mass is 32.2. The Morgan fingerprint density at radius 3 is 1.70 bits per heavy atom. The quantitative estimate of drug-likeness (QED) is 0.662. The zero-order chi connectivity index (χ0) is 15.9.